The zero-order valence-corrected chi connectivity index (χ0v) is 26.3. The highest BCUT2D eigenvalue weighted by Crippen LogP contribution is 2.47. The minimum absolute atomic E-state index is 0.872. The van der Waals surface area contributed by atoms with Crippen LogP contribution in [0.3, 0.4) is 0 Å². The summed E-state index contributed by atoms with van der Waals surface area (Å²) in [5.41, 5.74) is 11.9. The van der Waals surface area contributed by atoms with Crippen molar-refractivity contribution in [3.8, 4) is 39.2 Å². The van der Waals surface area contributed by atoms with Crippen LogP contribution in [0.25, 0.3) is 81.2 Å². The molecule has 2 nitrogen and oxygen atoms in total. The lowest BCUT2D eigenvalue weighted by Gasteiger charge is -2.20. The average molecular weight is 607 g/mol. The van der Waals surface area contributed by atoms with Crippen molar-refractivity contribution < 1.29 is 0 Å². The van der Waals surface area contributed by atoms with E-state index in [1.165, 1.54) is 69.8 Å². The van der Waals surface area contributed by atoms with Crippen LogP contribution < -0.4 is 0 Å². The summed E-state index contributed by atoms with van der Waals surface area (Å²) in [7, 11) is 0. The molecule has 0 bridgehead atoms. The molecule has 0 saturated carbocycles. The van der Waals surface area contributed by atoms with Gasteiger partial charge in [-0.25, -0.2) is 0 Å². The van der Waals surface area contributed by atoms with Gasteiger partial charge >= 0.3 is 0 Å². The van der Waals surface area contributed by atoms with Crippen LogP contribution in [0.4, 0.5) is 0 Å². The second-order valence-electron chi connectivity index (χ2n) is 11.8. The molecule has 0 aliphatic carbocycles. The quantitative estimate of drug-likeness (QED) is 0.191. The predicted molar refractivity (Wildman–Crippen MR) is 197 cm³/mol. The molecule has 0 N–H and O–H groups in total. The van der Waals surface area contributed by atoms with Gasteiger partial charge in [0, 0.05) is 59.5 Å². The van der Waals surface area contributed by atoms with Crippen molar-refractivity contribution in [2.24, 2.45) is 0 Å². The van der Waals surface area contributed by atoms with Gasteiger partial charge < -0.3 is 4.57 Å². The fraction of sp³-hybridized carbons (Fsp3) is 0.0465. The zero-order valence-electron chi connectivity index (χ0n) is 25.4. The maximum atomic E-state index is 5.23. The van der Waals surface area contributed by atoms with E-state index in [0.717, 1.165) is 23.4 Å². The Labute approximate surface area is 271 Å². The summed E-state index contributed by atoms with van der Waals surface area (Å²) >= 11 is 1.88. The summed E-state index contributed by atoms with van der Waals surface area (Å²) in [5, 5.41) is 5.10. The standard InChI is InChI=1S/C43H30N2S/c1-2-31-41(28-15-5-3-6-16-28)37(27-44-42(31)29-17-7-4-8-18-29)36-26-30(25-35-34-21-11-14-24-40(34)46-43(35)36)45-38-22-12-9-19-32(38)33-20-10-13-23-39(33)45/h3-27H,2H2,1H3. The van der Waals surface area contributed by atoms with Crippen LogP contribution in [-0.4, -0.2) is 9.55 Å². The molecule has 46 heavy (non-hydrogen) atoms. The van der Waals surface area contributed by atoms with Crippen LogP contribution in [0.5, 0.6) is 0 Å². The monoisotopic (exact) mass is 606 g/mol. The molecule has 0 fully saturated rings. The topological polar surface area (TPSA) is 17.8 Å². The first-order valence-corrected chi connectivity index (χ1v) is 16.7. The van der Waals surface area contributed by atoms with E-state index in [0.29, 0.717) is 0 Å². The molecule has 0 amide bonds. The molecule has 0 radical (unpaired) electrons. The first kappa shape index (κ1) is 26.9. The Bertz CT molecular complexity index is 2500. The molecule has 3 heteroatoms. The molecular formula is C43H30N2S. The van der Waals surface area contributed by atoms with Gasteiger partial charge in [-0.2, -0.15) is 0 Å². The van der Waals surface area contributed by atoms with Gasteiger partial charge in [-0.15, -0.1) is 11.3 Å². The molecule has 9 rings (SSSR count). The minimum atomic E-state index is 0.872. The number of thiophene rings is 1. The van der Waals surface area contributed by atoms with Gasteiger partial charge in [-0.3, -0.25) is 4.98 Å². The van der Waals surface area contributed by atoms with Gasteiger partial charge in [0.15, 0.2) is 0 Å². The van der Waals surface area contributed by atoms with E-state index in [1.807, 2.05) is 11.3 Å². The van der Waals surface area contributed by atoms with Crippen molar-refractivity contribution in [3.05, 3.63) is 157 Å². The molecule has 218 valence electrons. The van der Waals surface area contributed by atoms with E-state index in [-0.39, 0.29) is 0 Å². The van der Waals surface area contributed by atoms with Crippen LogP contribution in [0.2, 0.25) is 0 Å². The van der Waals surface area contributed by atoms with Crippen LogP contribution in [0.1, 0.15) is 12.5 Å². The third-order valence-electron chi connectivity index (χ3n) is 9.23. The zero-order chi connectivity index (χ0) is 30.6. The largest absolute Gasteiger partial charge is 0.309 e. The Hall–Kier alpha value is -5.51. The number of nitrogens with zero attached hydrogens (tertiary/aromatic N) is 2. The second-order valence-corrected chi connectivity index (χ2v) is 12.8. The second kappa shape index (κ2) is 10.8. The minimum Gasteiger partial charge on any atom is -0.309 e. The fourth-order valence-electron chi connectivity index (χ4n) is 7.22. The first-order chi connectivity index (χ1) is 22.8. The predicted octanol–water partition coefficient (Wildman–Crippen LogP) is 12.1. The highest BCUT2D eigenvalue weighted by molar-refractivity contribution is 7.26. The van der Waals surface area contributed by atoms with Crippen LogP contribution >= 0.6 is 11.3 Å². The maximum absolute atomic E-state index is 5.23. The van der Waals surface area contributed by atoms with E-state index in [9.17, 15) is 0 Å². The lowest BCUT2D eigenvalue weighted by atomic mass is 9.88. The summed E-state index contributed by atoms with van der Waals surface area (Å²) in [6, 6.07) is 52.6. The van der Waals surface area contributed by atoms with E-state index in [1.54, 1.807) is 0 Å². The summed E-state index contributed by atoms with van der Waals surface area (Å²) in [6.07, 6.45) is 3.00. The lowest BCUT2D eigenvalue weighted by Crippen LogP contribution is -2.00. The van der Waals surface area contributed by atoms with Gasteiger partial charge in [-0.1, -0.05) is 122 Å². The average Bonchev–Trinajstić information content (AvgIpc) is 3.67. The lowest BCUT2D eigenvalue weighted by molar-refractivity contribution is 1.11. The molecule has 0 saturated heterocycles. The van der Waals surface area contributed by atoms with Crippen LogP contribution in [0.15, 0.2) is 152 Å². The highest BCUT2D eigenvalue weighted by Gasteiger charge is 2.22. The number of fused-ring (bicyclic) bond motifs is 6. The Balaban J connectivity index is 1.43. The SMILES string of the molecule is CCc1c(-c2ccccc2)ncc(-c2cc(-n3c4ccccc4c4ccccc43)cc3c2sc2ccccc23)c1-c1ccccc1. The van der Waals surface area contributed by atoms with E-state index < -0.39 is 0 Å². The third kappa shape index (κ3) is 4.13. The van der Waals surface area contributed by atoms with Crippen LogP contribution in [-0.2, 0) is 6.42 Å². The molecule has 6 aromatic carbocycles. The molecule has 9 aromatic rings. The molecule has 0 atom stereocenters. The number of hydrogen-bond donors (Lipinski definition) is 0. The van der Waals surface area contributed by atoms with E-state index in [4.69, 9.17) is 4.98 Å². The van der Waals surface area contributed by atoms with Gasteiger partial charge in [0.25, 0.3) is 0 Å². The van der Waals surface area contributed by atoms with Crippen molar-refractivity contribution in [1.29, 1.82) is 0 Å². The van der Waals surface area contributed by atoms with Crippen molar-refractivity contribution in [2.75, 3.05) is 0 Å². The van der Waals surface area contributed by atoms with Gasteiger partial charge in [0.1, 0.15) is 0 Å². The number of pyridine rings is 1. The summed E-state index contributed by atoms with van der Waals surface area (Å²) in [5.74, 6) is 0. The Morgan fingerprint density at radius 3 is 1.83 bits per heavy atom. The normalized spacial score (nSPS) is 11.7. The fourth-order valence-corrected chi connectivity index (χ4v) is 8.43. The van der Waals surface area contributed by atoms with Crippen molar-refractivity contribution in [1.82, 2.24) is 9.55 Å². The van der Waals surface area contributed by atoms with E-state index in [2.05, 4.69) is 163 Å². The van der Waals surface area contributed by atoms with Crippen LogP contribution in [0, 0.1) is 0 Å². The van der Waals surface area contributed by atoms with Gasteiger partial charge in [0.2, 0.25) is 0 Å². The van der Waals surface area contributed by atoms with E-state index >= 15 is 0 Å². The first-order valence-electron chi connectivity index (χ1n) is 15.9. The maximum Gasteiger partial charge on any atom is 0.0740 e. The summed E-state index contributed by atoms with van der Waals surface area (Å²) in [6.45, 7) is 2.25. The van der Waals surface area contributed by atoms with Crippen molar-refractivity contribution in [3.63, 3.8) is 0 Å². The molecule has 0 aliphatic rings. The molecule has 0 unspecified atom stereocenters. The Morgan fingerprint density at radius 1 is 0.565 bits per heavy atom. The van der Waals surface area contributed by atoms with Crippen molar-refractivity contribution >= 4 is 53.3 Å². The van der Waals surface area contributed by atoms with Gasteiger partial charge in [0.05, 0.1) is 16.7 Å². The number of rotatable bonds is 5. The highest BCUT2D eigenvalue weighted by atomic mass is 32.1. The summed E-state index contributed by atoms with van der Waals surface area (Å²) in [4.78, 5) is 5.23. The summed E-state index contributed by atoms with van der Waals surface area (Å²) < 4.78 is 5.03. The number of benzene rings is 6. The Kier molecular flexibility index (Phi) is 6.32. The molecule has 0 spiro atoms. The molecule has 0 aliphatic heterocycles. The molecular weight excluding hydrogens is 577 g/mol. The number of aromatic nitrogens is 2. The smallest absolute Gasteiger partial charge is 0.0740 e. The number of hydrogen-bond acceptors (Lipinski definition) is 2. The third-order valence-corrected chi connectivity index (χ3v) is 10.5. The van der Waals surface area contributed by atoms with Gasteiger partial charge in [-0.05, 0) is 53.4 Å². The number of para-hydroxylation sites is 2. The molecule has 3 heterocycles. The van der Waals surface area contributed by atoms with Crippen molar-refractivity contribution in [2.45, 2.75) is 13.3 Å². The molecule has 3 aromatic heterocycles. The Morgan fingerprint density at radius 2 is 1.15 bits per heavy atom.